The second-order valence-electron chi connectivity index (χ2n) is 5.73. The van der Waals surface area contributed by atoms with Gasteiger partial charge in [0.2, 0.25) is 0 Å². The summed E-state index contributed by atoms with van der Waals surface area (Å²) in [5, 5.41) is 3.42. The number of rotatable bonds is 5. The topological polar surface area (TPSA) is 67.0 Å². The zero-order valence-corrected chi connectivity index (χ0v) is 13.9. The van der Waals surface area contributed by atoms with E-state index in [2.05, 4.69) is 20.0 Å². The van der Waals surface area contributed by atoms with Gasteiger partial charge in [0.1, 0.15) is 5.75 Å². The van der Waals surface area contributed by atoms with E-state index in [-0.39, 0.29) is 11.7 Å². The van der Waals surface area contributed by atoms with Crippen LogP contribution in [0.25, 0.3) is 10.9 Å². The van der Waals surface area contributed by atoms with Crippen LogP contribution in [0.2, 0.25) is 0 Å². The quantitative estimate of drug-likeness (QED) is 0.726. The van der Waals surface area contributed by atoms with Crippen molar-refractivity contribution in [3.05, 3.63) is 59.5 Å². The molecule has 8 heteroatoms. The van der Waals surface area contributed by atoms with Gasteiger partial charge in [-0.25, -0.2) is 0 Å². The average molecular weight is 363 g/mol. The summed E-state index contributed by atoms with van der Waals surface area (Å²) in [4.78, 5) is 19.0. The molecular weight excluding hydrogens is 347 g/mol. The number of benzene rings is 1. The maximum Gasteiger partial charge on any atom is 0.573 e. The Labute approximate surface area is 147 Å². The first-order valence-electron chi connectivity index (χ1n) is 7.88. The van der Waals surface area contributed by atoms with Gasteiger partial charge in [0.25, 0.3) is 5.91 Å². The highest BCUT2D eigenvalue weighted by atomic mass is 19.4. The van der Waals surface area contributed by atoms with Crippen molar-refractivity contribution in [2.45, 2.75) is 19.7 Å². The molecule has 0 spiro atoms. The Hall–Kier alpha value is -3.03. The third kappa shape index (κ3) is 4.14. The molecule has 2 N–H and O–H groups in total. The summed E-state index contributed by atoms with van der Waals surface area (Å²) >= 11 is 0. The van der Waals surface area contributed by atoms with Gasteiger partial charge in [0.05, 0.1) is 5.56 Å². The van der Waals surface area contributed by atoms with E-state index < -0.39 is 6.36 Å². The lowest BCUT2D eigenvalue weighted by Gasteiger charge is -2.09. The summed E-state index contributed by atoms with van der Waals surface area (Å²) in [5.41, 5.74) is 2.83. The molecule has 2 heterocycles. The van der Waals surface area contributed by atoms with Crippen LogP contribution in [-0.4, -0.2) is 28.8 Å². The highest BCUT2D eigenvalue weighted by Crippen LogP contribution is 2.29. The van der Waals surface area contributed by atoms with Crippen LogP contribution < -0.4 is 10.1 Å². The minimum Gasteiger partial charge on any atom is -0.406 e. The number of aromatic amines is 1. The number of H-pyrrole nitrogens is 1. The summed E-state index contributed by atoms with van der Waals surface area (Å²) in [6.07, 6.45) is -1.23. The molecule has 26 heavy (non-hydrogen) atoms. The number of halogens is 3. The Kier molecular flexibility index (Phi) is 4.83. The Morgan fingerprint density at radius 3 is 2.81 bits per heavy atom. The molecule has 3 aromatic rings. The fourth-order valence-corrected chi connectivity index (χ4v) is 2.78. The van der Waals surface area contributed by atoms with E-state index in [1.807, 2.05) is 6.92 Å². The fourth-order valence-electron chi connectivity index (χ4n) is 2.78. The van der Waals surface area contributed by atoms with Crippen LogP contribution in [0.3, 0.4) is 0 Å². The molecule has 0 aliphatic rings. The first-order chi connectivity index (χ1) is 12.3. The first-order valence-corrected chi connectivity index (χ1v) is 7.88. The van der Waals surface area contributed by atoms with Crippen molar-refractivity contribution in [3.8, 4) is 5.75 Å². The van der Waals surface area contributed by atoms with Gasteiger partial charge in [-0.15, -0.1) is 13.2 Å². The van der Waals surface area contributed by atoms with Crippen LogP contribution in [-0.2, 0) is 6.42 Å². The fraction of sp³-hybridized carbons (Fsp3) is 0.222. The van der Waals surface area contributed by atoms with Gasteiger partial charge in [0, 0.05) is 35.5 Å². The summed E-state index contributed by atoms with van der Waals surface area (Å²) in [6, 6.07) is 7.48. The SMILES string of the molecule is Cc1[nH]c2ccc(OC(F)(F)F)cc2c1CCNC(=O)c1cccnc1. The highest BCUT2D eigenvalue weighted by molar-refractivity contribution is 5.93. The summed E-state index contributed by atoms with van der Waals surface area (Å²) in [5.74, 6) is -0.527. The zero-order valence-electron chi connectivity index (χ0n) is 13.9. The minimum atomic E-state index is -4.74. The predicted octanol–water partition coefficient (Wildman–Crippen LogP) is 3.74. The van der Waals surface area contributed by atoms with Crippen molar-refractivity contribution in [2.75, 3.05) is 6.54 Å². The molecule has 0 saturated heterocycles. The van der Waals surface area contributed by atoms with Gasteiger partial charge in [-0.1, -0.05) is 0 Å². The lowest BCUT2D eigenvalue weighted by molar-refractivity contribution is -0.274. The van der Waals surface area contributed by atoms with Gasteiger partial charge in [0.15, 0.2) is 0 Å². The maximum atomic E-state index is 12.4. The molecule has 0 atom stereocenters. The number of amides is 1. The monoisotopic (exact) mass is 363 g/mol. The smallest absolute Gasteiger partial charge is 0.406 e. The molecule has 2 aromatic heterocycles. The number of hydrogen-bond donors (Lipinski definition) is 2. The number of alkyl halides is 3. The van der Waals surface area contributed by atoms with Crippen LogP contribution in [0.4, 0.5) is 13.2 Å². The number of aromatic nitrogens is 2. The van der Waals surface area contributed by atoms with Gasteiger partial charge in [-0.3, -0.25) is 9.78 Å². The van der Waals surface area contributed by atoms with Crippen LogP contribution in [0.1, 0.15) is 21.6 Å². The number of fused-ring (bicyclic) bond motifs is 1. The molecule has 1 aromatic carbocycles. The average Bonchev–Trinajstić information content (AvgIpc) is 2.89. The van der Waals surface area contributed by atoms with E-state index in [4.69, 9.17) is 0 Å². The molecule has 0 aliphatic heterocycles. The van der Waals surface area contributed by atoms with Crippen molar-refractivity contribution in [3.63, 3.8) is 0 Å². The molecule has 0 radical (unpaired) electrons. The second-order valence-corrected chi connectivity index (χ2v) is 5.73. The maximum absolute atomic E-state index is 12.4. The Balaban J connectivity index is 1.73. The molecule has 0 fully saturated rings. The molecular formula is C18H16F3N3O2. The number of nitrogens with one attached hydrogen (secondary N) is 2. The summed E-state index contributed by atoms with van der Waals surface area (Å²) in [7, 11) is 0. The van der Waals surface area contributed by atoms with Crippen LogP contribution in [0, 0.1) is 6.92 Å². The van der Waals surface area contributed by atoms with E-state index in [9.17, 15) is 18.0 Å². The van der Waals surface area contributed by atoms with Crippen molar-refractivity contribution in [1.29, 1.82) is 0 Å². The molecule has 3 rings (SSSR count). The predicted molar refractivity (Wildman–Crippen MR) is 90.0 cm³/mol. The lowest BCUT2D eigenvalue weighted by Crippen LogP contribution is -2.25. The highest BCUT2D eigenvalue weighted by Gasteiger charge is 2.31. The van der Waals surface area contributed by atoms with Gasteiger partial charge in [-0.05, 0) is 49.2 Å². The molecule has 1 amide bonds. The van der Waals surface area contributed by atoms with Crippen LogP contribution >= 0.6 is 0 Å². The van der Waals surface area contributed by atoms with Crippen molar-refractivity contribution in [1.82, 2.24) is 15.3 Å². The van der Waals surface area contributed by atoms with E-state index >= 15 is 0 Å². The standard InChI is InChI=1S/C18H16F3N3O2/c1-11-14(6-8-23-17(25)12-3-2-7-22-10-12)15-9-13(26-18(19,20)21)4-5-16(15)24-11/h2-5,7,9-10,24H,6,8H2,1H3,(H,23,25). The van der Waals surface area contributed by atoms with E-state index in [1.54, 1.807) is 24.4 Å². The van der Waals surface area contributed by atoms with E-state index in [1.165, 1.54) is 18.3 Å². The Bertz CT molecular complexity index is 921. The minimum absolute atomic E-state index is 0.253. The molecule has 0 saturated carbocycles. The Morgan fingerprint density at radius 1 is 1.31 bits per heavy atom. The van der Waals surface area contributed by atoms with E-state index in [0.717, 1.165) is 11.3 Å². The molecule has 136 valence electrons. The number of pyridine rings is 1. The third-order valence-electron chi connectivity index (χ3n) is 3.91. The normalized spacial score (nSPS) is 11.5. The van der Waals surface area contributed by atoms with Crippen LogP contribution in [0.15, 0.2) is 42.7 Å². The number of aryl methyl sites for hydroxylation is 1. The molecule has 0 unspecified atom stereocenters. The number of carbonyl (C=O) groups is 1. The van der Waals surface area contributed by atoms with Crippen molar-refractivity contribution >= 4 is 16.8 Å². The summed E-state index contributed by atoms with van der Waals surface area (Å²) < 4.78 is 41.2. The number of hydrogen-bond acceptors (Lipinski definition) is 3. The molecule has 5 nitrogen and oxygen atoms in total. The third-order valence-corrected chi connectivity index (χ3v) is 3.91. The number of nitrogens with zero attached hydrogens (tertiary/aromatic N) is 1. The largest absolute Gasteiger partial charge is 0.573 e. The van der Waals surface area contributed by atoms with E-state index in [0.29, 0.717) is 29.4 Å². The van der Waals surface area contributed by atoms with Crippen LogP contribution in [0.5, 0.6) is 5.75 Å². The molecule has 0 aliphatic carbocycles. The van der Waals surface area contributed by atoms with Gasteiger partial charge < -0.3 is 15.0 Å². The number of carbonyl (C=O) groups excluding carboxylic acids is 1. The number of ether oxygens (including phenoxy) is 1. The van der Waals surface area contributed by atoms with Gasteiger partial charge in [-0.2, -0.15) is 0 Å². The summed E-state index contributed by atoms with van der Waals surface area (Å²) in [6.45, 7) is 2.18. The second kappa shape index (κ2) is 7.07. The lowest BCUT2D eigenvalue weighted by atomic mass is 10.1. The van der Waals surface area contributed by atoms with Gasteiger partial charge >= 0.3 is 6.36 Å². The first kappa shape index (κ1) is 17.8. The van der Waals surface area contributed by atoms with Crippen molar-refractivity contribution in [2.24, 2.45) is 0 Å². The zero-order chi connectivity index (χ0) is 18.7. The Morgan fingerprint density at radius 2 is 2.12 bits per heavy atom. The molecule has 0 bridgehead atoms. The van der Waals surface area contributed by atoms with Crippen molar-refractivity contribution < 1.29 is 22.7 Å².